The molecule has 0 N–H and O–H groups in total. The van der Waals surface area contributed by atoms with Gasteiger partial charge in [-0.1, -0.05) is 54.9 Å². The van der Waals surface area contributed by atoms with E-state index in [2.05, 4.69) is 28.6 Å². The zero-order chi connectivity index (χ0) is 21.1. The number of nitrogens with zero attached hydrogens (tertiary/aromatic N) is 3. The number of benzene rings is 1. The van der Waals surface area contributed by atoms with Gasteiger partial charge in [0, 0.05) is 18.6 Å². The molecule has 1 atom stereocenters. The van der Waals surface area contributed by atoms with E-state index in [1.807, 2.05) is 29.3 Å². The van der Waals surface area contributed by atoms with E-state index >= 15 is 0 Å². The number of amides is 1. The standard InChI is InChI=1S/C22H29N3O3S2/c1-2-24-20(17-8-4-3-5-9-17)14-23-22(24)29-15-21(26)25(18-10-6-7-11-18)19-12-13-30(27,28)16-19/h3-5,8-9,14,18-19H,2,6-7,10-13,15-16H2,1H3. The Labute approximate surface area is 183 Å². The molecule has 0 spiro atoms. The van der Waals surface area contributed by atoms with Crippen LogP contribution in [0.5, 0.6) is 0 Å². The molecule has 1 aromatic carbocycles. The molecule has 0 bridgehead atoms. The molecule has 2 heterocycles. The molecule has 1 aliphatic carbocycles. The number of hydrogen-bond acceptors (Lipinski definition) is 5. The van der Waals surface area contributed by atoms with Crippen LogP contribution >= 0.6 is 11.8 Å². The maximum absolute atomic E-state index is 13.3. The molecule has 162 valence electrons. The number of rotatable bonds is 7. The minimum absolute atomic E-state index is 0.0425. The van der Waals surface area contributed by atoms with Crippen LogP contribution in [0.1, 0.15) is 39.0 Å². The molecule has 1 unspecified atom stereocenters. The molecule has 1 saturated heterocycles. The summed E-state index contributed by atoms with van der Waals surface area (Å²) < 4.78 is 26.2. The fourth-order valence-electron chi connectivity index (χ4n) is 4.70. The predicted octanol–water partition coefficient (Wildman–Crippen LogP) is 3.62. The Hall–Kier alpha value is -1.80. The smallest absolute Gasteiger partial charge is 0.233 e. The first kappa shape index (κ1) is 21.4. The third kappa shape index (κ3) is 4.59. The lowest BCUT2D eigenvalue weighted by atomic mass is 10.1. The number of hydrogen-bond donors (Lipinski definition) is 0. The first-order valence-electron chi connectivity index (χ1n) is 10.7. The van der Waals surface area contributed by atoms with E-state index in [-0.39, 0.29) is 35.2 Å². The van der Waals surface area contributed by atoms with Crippen LogP contribution in [-0.4, -0.2) is 58.1 Å². The fourth-order valence-corrected chi connectivity index (χ4v) is 7.33. The number of sulfone groups is 1. The summed E-state index contributed by atoms with van der Waals surface area (Å²) in [5.74, 6) is 0.642. The van der Waals surface area contributed by atoms with E-state index in [0.29, 0.717) is 6.42 Å². The third-order valence-electron chi connectivity index (χ3n) is 6.14. The van der Waals surface area contributed by atoms with E-state index < -0.39 is 9.84 Å². The molecule has 6 nitrogen and oxygen atoms in total. The van der Waals surface area contributed by atoms with Crippen molar-refractivity contribution >= 4 is 27.5 Å². The Balaban J connectivity index is 1.49. The van der Waals surface area contributed by atoms with Crippen molar-refractivity contribution < 1.29 is 13.2 Å². The molecule has 4 rings (SSSR count). The summed E-state index contributed by atoms with van der Waals surface area (Å²) >= 11 is 1.45. The fraction of sp³-hybridized carbons (Fsp3) is 0.545. The number of carbonyl (C=O) groups excluding carboxylic acids is 1. The van der Waals surface area contributed by atoms with Gasteiger partial charge in [-0.25, -0.2) is 13.4 Å². The molecule has 0 radical (unpaired) electrons. The molecular weight excluding hydrogens is 418 g/mol. The minimum Gasteiger partial charge on any atom is -0.335 e. The lowest BCUT2D eigenvalue weighted by Crippen LogP contribution is -2.47. The van der Waals surface area contributed by atoms with Gasteiger partial charge in [0.25, 0.3) is 0 Å². The highest BCUT2D eigenvalue weighted by Gasteiger charge is 2.38. The van der Waals surface area contributed by atoms with E-state index in [9.17, 15) is 13.2 Å². The van der Waals surface area contributed by atoms with Crippen LogP contribution in [0.25, 0.3) is 11.3 Å². The number of thioether (sulfide) groups is 1. The maximum Gasteiger partial charge on any atom is 0.233 e. The molecule has 1 aromatic heterocycles. The summed E-state index contributed by atoms with van der Waals surface area (Å²) in [6.45, 7) is 2.85. The van der Waals surface area contributed by atoms with Gasteiger partial charge in [-0.05, 0) is 31.7 Å². The van der Waals surface area contributed by atoms with Crippen molar-refractivity contribution in [3.05, 3.63) is 36.5 Å². The number of imidazole rings is 1. The Morgan fingerprint density at radius 1 is 1.17 bits per heavy atom. The molecule has 1 amide bonds. The maximum atomic E-state index is 13.3. The van der Waals surface area contributed by atoms with Crippen molar-refractivity contribution in [1.82, 2.24) is 14.5 Å². The Bertz CT molecular complexity index is 982. The van der Waals surface area contributed by atoms with Crippen molar-refractivity contribution in [3.8, 4) is 11.3 Å². The van der Waals surface area contributed by atoms with Gasteiger partial charge in [0.15, 0.2) is 15.0 Å². The van der Waals surface area contributed by atoms with Crippen molar-refractivity contribution in [1.29, 1.82) is 0 Å². The molecule has 30 heavy (non-hydrogen) atoms. The van der Waals surface area contributed by atoms with E-state index in [1.54, 1.807) is 0 Å². The van der Waals surface area contributed by atoms with E-state index in [4.69, 9.17) is 0 Å². The van der Waals surface area contributed by atoms with Crippen LogP contribution < -0.4 is 0 Å². The van der Waals surface area contributed by atoms with Gasteiger partial charge in [0.05, 0.1) is 29.1 Å². The second-order valence-corrected chi connectivity index (χ2v) is 11.3. The van der Waals surface area contributed by atoms with Gasteiger partial charge >= 0.3 is 0 Å². The normalized spacial score (nSPS) is 21.2. The molecule has 1 aliphatic heterocycles. The number of carbonyl (C=O) groups is 1. The summed E-state index contributed by atoms with van der Waals surface area (Å²) in [5.41, 5.74) is 2.15. The summed E-state index contributed by atoms with van der Waals surface area (Å²) in [6.07, 6.45) is 6.62. The molecule has 2 aliphatic rings. The van der Waals surface area contributed by atoms with Crippen LogP contribution in [0.3, 0.4) is 0 Å². The van der Waals surface area contributed by atoms with Crippen LogP contribution in [0.4, 0.5) is 0 Å². The summed E-state index contributed by atoms with van der Waals surface area (Å²) in [7, 11) is -3.03. The van der Waals surface area contributed by atoms with E-state index in [0.717, 1.165) is 48.6 Å². The highest BCUT2D eigenvalue weighted by molar-refractivity contribution is 7.99. The monoisotopic (exact) mass is 447 g/mol. The van der Waals surface area contributed by atoms with E-state index in [1.165, 1.54) is 11.8 Å². The largest absolute Gasteiger partial charge is 0.335 e. The summed E-state index contributed by atoms with van der Waals surface area (Å²) in [5, 5.41) is 0.829. The highest BCUT2D eigenvalue weighted by Crippen LogP contribution is 2.31. The lowest BCUT2D eigenvalue weighted by Gasteiger charge is -2.34. The molecular formula is C22H29N3O3S2. The van der Waals surface area contributed by atoms with Crippen molar-refractivity contribution in [2.75, 3.05) is 17.3 Å². The zero-order valence-electron chi connectivity index (χ0n) is 17.4. The quantitative estimate of drug-likeness (QED) is 0.606. The second-order valence-electron chi connectivity index (χ2n) is 8.12. The third-order valence-corrected chi connectivity index (χ3v) is 8.86. The highest BCUT2D eigenvalue weighted by atomic mass is 32.2. The van der Waals surface area contributed by atoms with Crippen LogP contribution in [0.2, 0.25) is 0 Å². The molecule has 1 saturated carbocycles. The molecule has 2 aromatic rings. The predicted molar refractivity (Wildman–Crippen MR) is 120 cm³/mol. The van der Waals surface area contributed by atoms with Crippen molar-refractivity contribution in [3.63, 3.8) is 0 Å². The molecule has 8 heteroatoms. The second kappa shape index (κ2) is 9.14. The summed E-state index contributed by atoms with van der Waals surface area (Å²) in [6, 6.07) is 10.1. The van der Waals surface area contributed by atoms with Crippen molar-refractivity contribution in [2.24, 2.45) is 0 Å². The van der Waals surface area contributed by atoms with Gasteiger partial charge in [0.1, 0.15) is 0 Å². The minimum atomic E-state index is -3.03. The number of aromatic nitrogens is 2. The SMILES string of the molecule is CCn1c(-c2ccccc2)cnc1SCC(=O)N(C1CCCC1)C1CCS(=O)(=O)C1. The van der Waals surface area contributed by atoms with Crippen molar-refractivity contribution in [2.45, 2.75) is 62.8 Å². The van der Waals surface area contributed by atoms with Gasteiger partial charge in [-0.3, -0.25) is 4.79 Å². The summed E-state index contributed by atoms with van der Waals surface area (Å²) in [4.78, 5) is 19.7. The Morgan fingerprint density at radius 3 is 2.53 bits per heavy atom. The van der Waals surface area contributed by atoms with Crippen LogP contribution in [0.15, 0.2) is 41.7 Å². The van der Waals surface area contributed by atoms with Crippen LogP contribution in [0, 0.1) is 0 Å². The topological polar surface area (TPSA) is 72.3 Å². The molecule has 2 fully saturated rings. The Morgan fingerprint density at radius 2 is 1.90 bits per heavy atom. The first-order valence-corrected chi connectivity index (χ1v) is 13.5. The lowest BCUT2D eigenvalue weighted by molar-refractivity contribution is -0.132. The van der Waals surface area contributed by atoms with Gasteiger partial charge in [-0.2, -0.15) is 0 Å². The average Bonchev–Trinajstić information content (AvgIpc) is 3.47. The van der Waals surface area contributed by atoms with Gasteiger partial charge in [0.2, 0.25) is 5.91 Å². The van der Waals surface area contributed by atoms with Gasteiger partial charge < -0.3 is 9.47 Å². The Kier molecular flexibility index (Phi) is 6.53. The van der Waals surface area contributed by atoms with Gasteiger partial charge in [-0.15, -0.1) is 0 Å². The first-order chi connectivity index (χ1) is 14.5. The zero-order valence-corrected chi connectivity index (χ0v) is 19.0. The van der Waals surface area contributed by atoms with Crippen LogP contribution in [-0.2, 0) is 21.2 Å². The average molecular weight is 448 g/mol.